The fourth-order valence-electron chi connectivity index (χ4n) is 3.06. The van der Waals surface area contributed by atoms with Crippen molar-refractivity contribution in [2.75, 3.05) is 26.3 Å². The van der Waals surface area contributed by atoms with Gasteiger partial charge < -0.3 is 20.1 Å². The number of carbonyl (C=O) groups excluding carboxylic acids is 1. The Labute approximate surface area is 153 Å². The average molecular weight is 375 g/mol. The Bertz CT molecular complexity index is 563. The number of benzene rings is 1. The SMILES string of the molecule is Cl.O=C(CCC1CCNCC1)NCc1cc(Cl)c2c(c1)OCCO2. The molecule has 3 rings (SSSR count). The third-order valence-corrected chi connectivity index (χ3v) is 4.67. The summed E-state index contributed by atoms with van der Waals surface area (Å²) in [6.45, 7) is 3.64. The molecule has 0 unspecified atom stereocenters. The van der Waals surface area contributed by atoms with E-state index in [2.05, 4.69) is 10.6 Å². The van der Waals surface area contributed by atoms with E-state index in [-0.39, 0.29) is 18.3 Å². The second-order valence-electron chi connectivity index (χ2n) is 6.11. The van der Waals surface area contributed by atoms with Gasteiger partial charge >= 0.3 is 0 Å². The Morgan fingerprint density at radius 3 is 2.79 bits per heavy atom. The van der Waals surface area contributed by atoms with Crippen LogP contribution >= 0.6 is 24.0 Å². The summed E-state index contributed by atoms with van der Waals surface area (Å²) in [6, 6.07) is 3.70. The van der Waals surface area contributed by atoms with Gasteiger partial charge in [-0.2, -0.15) is 0 Å². The minimum Gasteiger partial charge on any atom is -0.486 e. The van der Waals surface area contributed by atoms with Gasteiger partial charge in [-0.3, -0.25) is 4.79 Å². The van der Waals surface area contributed by atoms with Crippen molar-refractivity contribution in [3.05, 3.63) is 22.7 Å². The molecule has 1 amide bonds. The summed E-state index contributed by atoms with van der Waals surface area (Å²) in [6.07, 6.45) is 3.90. The molecule has 0 spiro atoms. The third-order valence-electron chi connectivity index (χ3n) is 4.38. The number of halogens is 2. The highest BCUT2D eigenvalue weighted by Gasteiger charge is 2.17. The number of rotatable bonds is 5. The molecule has 2 aliphatic rings. The molecule has 5 nitrogen and oxygen atoms in total. The smallest absolute Gasteiger partial charge is 0.220 e. The van der Waals surface area contributed by atoms with E-state index in [0.717, 1.165) is 25.1 Å². The predicted molar refractivity (Wildman–Crippen MR) is 96.4 cm³/mol. The Hall–Kier alpha value is -1.17. The van der Waals surface area contributed by atoms with Crippen LogP contribution in [-0.2, 0) is 11.3 Å². The molecule has 2 aliphatic heterocycles. The van der Waals surface area contributed by atoms with Crippen LogP contribution in [0, 0.1) is 5.92 Å². The second-order valence-corrected chi connectivity index (χ2v) is 6.52. The average Bonchev–Trinajstić information content (AvgIpc) is 2.59. The molecule has 1 aromatic rings. The summed E-state index contributed by atoms with van der Waals surface area (Å²) in [4.78, 5) is 12.0. The number of carbonyl (C=O) groups is 1. The number of ether oxygens (including phenoxy) is 2. The van der Waals surface area contributed by atoms with Crippen molar-refractivity contribution in [3.63, 3.8) is 0 Å². The summed E-state index contributed by atoms with van der Waals surface area (Å²) in [7, 11) is 0. The van der Waals surface area contributed by atoms with E-state index < -0.39 is 0 Å². The van der Waals surface area contributed by atoms with Crippen LogP contribution in [-0.4, -0.2) is 32.2 Å². The van der Waals surface area contributed by atoms with Gasteiger partial charge in [-0.05, 0) is 56.0 Å². The summed E-state index contributed by atoms with van der Waals surface area (Å²) < 4.78 is 11.0. The lowest BCUT2D eigenvalue weighted by molar-refractivity contribution is -0.121. The Balaban J connectivity index is 0.00000208. The highest BCUT2D eigenvalue weighted by molar-refractivity contribution is 6.32. The standard InChI is InChI=1S/C17H23ClN2O3.ClH/c18-14-9-13(10-15-17(14)23-8-7-22-15)11-20-16(21)2-1-12-3-5-19-6-4-12;/h9-10,12,19H,1-8,11H2,(H,20,21);1H. The lowest BCUT2D eigenvalue weighted by atomic mass is 9.93. The minimum absolute atomic E-state index is 0. The Kier molecular flexibility index (Phi) is 7.46. The number of hydrogen-bond donors (Lipinski definition) is 2. The lowest BCUT2D eigenvalue weighted by Crippen LogP contribution is -2.29. The van der Waals surface area contributed by atoms with Crippen molar-refractivity contribution in [3.8, 4) is 11.5 Å². The van der Waals surface area contributed by atoms with Crippen molar-refractivity contribution >= 4 is 29.9 Å². The monoisotopic (exact) mass is 374 g/mol. The zero-order chi connectivity index (χ0) is 16.1. The quantitative estimate of drug-likeness (QED) is 0.831. The summed E-state index contributed by atoms with van der Waals surface area (Å²) in [5, 5.41) is 6.84. The van der Waals surface area contributed by atoms with Gasteiger partial charge in [0.15, 0.2) is 11.5 Å². The van der Waals surface area contributed by atoms with E-state index in [4.69, 9.17) is 21.1 Å². The van der Waals surface area contributed by atoms with Gasteiger partial charge in [0.25, 0.3) is 0 Å². The molecular formula is C17H24Cl2N2O3. The fourth-order valence-corrected chi connectivity index (χ4v) is 3.35. The minimum atomic E-state index is 0. The van der Waals surface area contributed by atoms with Crippen LogP contribution < -0.4 is 20.1 Å². The zero-order valence-corrected chi connectivity index (χ0v) is 15.2. The molecule has 0 radical (unpaired) electrons. The number of hydrogen-bond acceptors (Lipinski definition) is 4. The Morgan fingerprint density at radius 1 is 1.25 bits per heavy atom. The van der Waals surface area contributed by atoms with Gasteiger partial charge in [-0.15, -0.1) is 12.4 Å². The van der Waals surface area contributed by atoms with Gasteiger partial charge in [0.2, 0.25) is 5.91 Å². The first-order valence-corrected chi connectivity index (χ1v) is 8.65. The van der Waals surface area contributed by atoms with Crippen LogP contribution in [0.4, 0.5) is 0 Å². The van der Waals surface area contributed by atoms with E-state index in [1.165, 1.54) is 12.8 Å². The van der Waals surface area contributed by atoms with E-state index in [9.17, 15) is 4.79 Å². The first kappa shape index (κ1) is 19.2. The number of piperidine rings is 1. The first-order valence-electron chi connectivity index (χ1n) is 8.28. The number of amides is 1. The van der Waals surface area contributed by atoms with Gasteiger partial charge in [0.1, 0.15) is 13.2 Å². The maximum Gasteiger partial charge on any atom is 0.220 e. The van der Waals surface area contributed by atoms with Crippen LogP contribution in [0.1, 0.15) is 31.2 Å². The van der Waals surface area contributed by atoms with Crippen molar-refractivity contribution in [1.82, 2.24) is 10.6 Å². The normalized spacial score (nSPS) is 17.0. The molecule has 1 aromatic carbocycles. The van der Waals surface area contributed by atoms with Gasteiger partial charge in [0.05, 0.1) is 5.02 Å². The van der Waals surface area contributed by atoms with Crippen LogP contribution in [0.3, 0.4) is 0 Å². The van der Waals surface area contributed by atoms with E-state index in [1.807, 2.05) is 12.1 Å². The summed E-state index contributed by atoms with van der Waals surface area (Å²) in [5.74, 6) is 2.02. The molecule has 2 heterocycles. The van der Waals surface area contributed by atoms with E-state index in [0.29, 0.717) is 48.6 Å². The first-order chi connectivity index (χ1) is 11.2. The van der Waals surface area contributed by atoms with Crippen LogP contribution in [0.15, 0.2) is 12.1 Å². The van der Waals surface area contributed by atoms with Crippen LogP contribution in [0.5, 0.6) is 11.5 Å². The van der Waals surface area contributed by atoms with E-state index in [1.54, 1.807) is 0 Å². The molecule has 24 heavy (non-hydrogen) atoms. The molecule has 7 heteroatoms. The predicted octanol–water partition coefficient (Wildman–Crippen LogP) is 2.93. The molecular weight excluding hydrogens is 351 g/mol. The third kappa shape index (κ3) is 5.16. The van der Waals surface area contributed by atoms with E-state index >= 15 is 0 Å². The van der Waals surface area contributed by atoms with Crippen molar-refractivity contribution in [2.24, 2.45) is 5.92 Å². The lowest BCUT2D eigenvalue weighted by Gasteiger charge is -2.22. The molecule has 0 bridgehead atoms. The van der Waals surface area contributed by atoms with Gasteiger partial charge in [0, 0.05) is 13.0 Å². The second kappa shape index (κ2) is 9.35. The maximum atomic E-state index is 12.0. The molecule has 1 fully saturated rings. The number of fused-ring (bicyclic) bond motifs is 1. The molecule has 0 aromatic heterocycles. The summed E-state index contributed by atoms with van der Waals surface area (Å²) >= 11 is 6.20. The molecule has 0 saturated carbocycles. The molecule has 0 aliphatic carbocycles. The number of nitrogens with one attached hydrogen (secondary N) is 2. The maximum absolute atomic E-state index is 12.0. The van der Waals surface area contributed by atoms with Gasteiger partial charge in [-0.1, -0.05) is 11.6 Å². The molecule has 0 atom stereocenters. The largest absolute Gasteiger partial charge is 0.486 e. The van der Waals surface area contributed by atoms with Crippen molar-refractivity contribution < 1.29 is 14.3 Å². The van der Waals surface area contributed by atoms with Crippen molar-refractivity contribution in [1.29, 1.82) is 0 Å². The highest BCUT2D eigenvalue weighted by atomic mass is 35.5. The molecule has 134 valence electrons. The summed E-state index contributed by atoms with van der Waals surface area (Å²) in [5.41, 5.74) is 0.925. The molecule has 2 N–H and O–H groups in total. The fraction of sp³-hybridized carbons (Fsp3) is 0.588. The van der Waals surface area contributed by atoms with Crippen LogP contribution in [0.25, 0.3) is 0 Å². The highest BCUT2D eigenvalue weighted by Crippen LogP contribution is 2.38. The molecule has 1 saturated heterocycles. The van der Waals surface area contributed by atoms with Crippen LogP contribution in [0.2, 0.25) is 5.02 Å². The zero-order valence-electron chi connectivity index (χ0n) is 13.6. The Morgan fingerprint density at radius 2 is 2.00 bits per heavy atom. The van der Waals surface area contributed by atoms with Gasteiger partial charge in [-0.25, -0.2) is 0 Å². The van der Waals surface area contributed by atoms with Crippen molar-refractivity contribution in [2.45, 2.75) is 32.2 Å². The topological polar surface area (TPSA) is 59.6 Å².